The average molecular weight is 332 g/mol. The Bertz CT molecular complexity index is 738. The summed E-state index contributed by atoms with van der Waals surface area (Å²) in [5.74, 6) is -2.89. The van der Waals surface area contributed by atoms with E-state index in [4.69, 9.17) is 21.7 Å². The van der Waals surface area contributed by atoms with E-state index in [0.29, 0.717) is 11.1 Å². The largest absolute Gasteiger partial charge is 0.479 e. The summed E-state index contributed by atoms with van der Waals surface area (Å²) in [6.07, 6.45) is -3.58. The summed E-state index contributed by atoms with van der Waals surface area (Å²) in [6.45, 7) is 0. The van der Waals surface area contributed by atoms with Crippen LogP contribution in [-0.4, -0.2) is 32.4 Å². The molecule has 2 aromatic carbocycles. The lowest BCUT2D eigenvalue weighted by molar-refractivity contribution is -0.147. The quantitative estimate of drug-likeness (QED) is 0.436. The van der Waals surface area contributed by atoms with Gasteiger partial charge in [0, 0.05) is 22.5 Å². The summed E-state index contributed by atoms with van der Waals surface area (Å²) in [5.41, 5.74) is 12.6. The van der Waals surface area contributed by atoms with E-state index < -0.39 is 24.1 Å². The molecule has 2 unspecified atom stereocenters. The number of aliphatic hydroxyl groups excluding tert-OH is 2. The van der Waals surface area contributed by atoms with Crippen molar-refractivity contribution in [3.63, 3.8) is 0 Å². The second-order valence-corrected chi connectivity index (χ2v) is 5.17. The predicted molar refractivity (Wildman–Crippen MR) is 85.9 cm³/mol. The number of carboxylic acid groups (broad SMARTS) is 2. The zero-order chi connectivity index (χ0) is 18.0. The monoisotopic (exact) mass is 332 g/mol. The minimum absolute atomic E-state index is 0.0113. The molecule has 0 radical (unpaired) electrons. The first-order chi connectivity index (χ1) is 11.2. The van der Waals surface area contributed by atoms with Crippen molar-refractivity contribution in [3.05, 3.63) is 47.5 Å². The molecule has 2 rings (SSSR count). The van der Waals surface area contributed by atoms with Gasteiger partial charge in [0.1, 0.15) is 0 Å². The molecule has 0 fully saturated rings. The van der Waals surface area contributed by atoms with E-state index in [9.17, 15) is 19.8 Å². The maximum absolute atomic E-state index is 10.9. The highest BCUT2D eigenvalue weighted by atomic mass is 16.4. The van der Waals surface area contributed by atoms with Crippen LogP contribution in [-0.2, 0) is 9.59 Å². The number of hydrogen-bond donors (Lipinski definition) is 6. The molecule has 8 heteroatoms. The SMILES string of the molecule is Nc1ccc(-c2ccc(N)c(C(O)C(=O)O)c2)cc1C(O)C(=O)O. The van der Waals surface area contributed by atoms with Crippen molar-refractivity contribution in [3.8, 4) is 11.1 Å². The summed E-state index contributed by atoms with van der Waals surface area (Å²) in [6, 6.07) is 8.79. The van der Waals surface area contributed by atoms with Crippen molar-refractivity contribution in [1.82, 2.24) is 0 Å². The van der Waals surface area contributed by atoms with Gasteiger partial charge >= 0.3 is 11.9 Å². The van der Waals surface area contributed by atoms with Crippen LogP contribution in [0.3, 0.4) is 0 Å². The van der Waals surface area contributed by atoms with Crippen molar-refractivity contribution < 1.29 is 30.0 Å². The van der Waals surface area contributed by atoms with Crippen LogP contribution in [0, 0.1) is 0 Å². The van der Waals surface area contributed by atoms with Crippen LogP contribution in [0.5, 0.6) is 0 Å². The number of hydrogen-bond acceptors (Lipinski definition) is 6. The van der Waals surface area contributed by atoms with Crippen LogP contribution in [0.15, 0.2) is 36.4 Å². The van der Waals surface area contributed by atoms with Gasteiger partial charge in [-0.25, -0.2) is 9.59 Å². The molecule has 0 amide bonds. The van der Waals surface area contributed by atoms with E-state index in [1.165, 1.54) is 24.3 Å². The minimum atomic E-state index is -1.79. The number of carboxylic acids is 2. The smallest absolute Gasteiger partial charge is 0.337 e. The van der Waals surface area contributed by atoms with Crippen LogP contribution < -0.4 is 11.5 Å². The molecule has 2 atom stereocenters. The third-order valence-corrected chi connectivity index (χ3v) is 3.56. The van der Waals surface area contributed by atoms with Gasteiger partial charge in [0.25, 0.3) is 0 Å². The van der Waals surface area contributed by atoms with E-state index in [1.807, 2.05) is 0 Å². The number of aliphatic carboxylic acids is 2. The first-order valence-corrected chi connectivity index (χ1v) is 6.83. The lowest BCUT2D eigenvalue weighted by atomic mass is 9.96. The molecule has 8 nitrogen and oxygen atoms in total. The maximum Gasteiger partial charge on any atom is 0.337 e. The highest BCUT2D eigenvalue weighted by Crippen LogP contribution is 2.31. The zero-order valence-corrected chi connectivity index (χ0v) is 12.4. The molecule has 0 saturated carbocycles. The van der Waals surface area contributed by atoms with Crippen molar-refractivity contribution in [1.29, 1.82) is 0 Å². The van der Waals surface area contributed by atoms with Gasteiger partial charge in [-0.1, -0.05) is 12.1 Å². The molecule has 0 heterocycles. The first-order valence-electron chi connectivity index (χ1n) is 6.83. The Morgan fingerprint density at radius 3 is 1.38 bits per heavy atom. The second-order valence-electron chi connectivity index (χ2n) is 5.17. The van der Waals surface area contributed by atoms with Gasteiger partial charge < -0.3 is 31.9 Å². The summed E-state index contributed by atoms with van der Waals surface area (Å²) in [4.78, 5) is 21.9. The summed E-state index contributed by atoms with van der Waals surface area (Å²) in [5, 5.41) is 37.2. The average Bonchev–Trinajstić information content (AvgIpc) is 2.54. The fourth-order valence-corrected chi connectivity index (χ4v) is 2.25. The van der Waals surface area contributed by atoms with Gasteiger partial charge in [-0.05, 0) is 35.4 Å². The van der Waals surface area contributed by atoms with Crippen molar-refractivity contribution in [2.45, 2.75) is 12.2 Å². The van der Waals surface area contributed by atoms with Crippen molar-refractivity contribution in [2.24, 2.45) is 0 Å². The number of anilines is 2. The van der Waals surface area contributed by atoms with Crippen molar-refractivity contribution in [2.75, 3.05) is 11.5 Å². The summed E-state index contributed by atoms with van der Waals surface area (Å²) >= 11 is 0. The number of nitrogens with two attached hydrogens (primary N) is 2. The van der Waals surface area contributed by atoms with Crippen LogP contribution in [0.25, 0.3) is 11.1 Å². The lowest BCUT2D eigenvalue weighted by Gasteiger charge is -2.14. The van der Waals surface area contributed by atoms with Gasteiger partial charge in [-0.2, -0.15) is 0 Å². The van der Waals surface area contributed by atoms with Crippen LogP contribution in [0.4, 0.5) is 11.4 Å². The Labute approximate surface area is 136 Å². The first kappa shape index (κ1) is 17.3. The molecule has 0 bridgehead atoms. The Hall–Kier alpha value is -3.10. The predicted octanol–water partition coefficient (Wildman–Crippen LogP) is 0.754. The van der Waals surface area contributed by atoms with Gasteiger partial charge in [0.15, 0.2) is 12.2 Å². The van der Waals surface area contributed by atoms with Crippen molar-refractivity contribution >= 4 is 23.3 Å². The molecule has 0 aliphatic heterocycles. The summed E-state index contributed by atoms with van der Waals surface area (Å²) < 4.78 is 0. The molecule has 8 N–H and O–H groups in total. The van der Waals surface area contributed by atoms with E-state index >= 15 is 0 Å². The maximum atomic E-state index is 10.9. The Morgan fingerprint density at radius 2 is 1.08 bits per heavy atom. The van der Waals surface area contributed by atoms with E-state index in [2.05, 4.69) is 0 Å². The fourth-order valence-electron chi connectivity index (χ4n) is 2.25. The molecular weight excluding hydrogens is 316 g/mol. The number of aliphatic hydroxyl groups is 2. The van der Waals surface area contributed by atoms with Crippen LogP contribution in [0.2, 0.25) is 0 Å². The molecule has 126 valence electrons. The number of rotatable bonds is 5. The van der Waals surface area contributed by atoms with E-state index in [1.54, 1.807) is 12.1 Å². The number of nitrogen functional groups attached to an aromatic ring is 2. The highest BCUT2D eigenvalue weighted by molar-refractivity contribution is 5.81. The third kappa shape index (κ3) is 3.29. The number of carbonyl (C=O) groups is 2. The van der Waals surface area contributed by atoms with Gasteiger partial charge in [0.05, 0.1) is 0 Å². The van der Waals surface area contributed by atoms with Gasteiger partial charge in [-0.3, -0.25) is 0 Å². The molecule has 0 saturated heterocycles. The van der Waals surface area contributed by atoms with Gasteiger partial charge in [0.2, 0.25) is 0 Å². The Balaban J connectivity index is 2.53. The normalized spacial score (nSPS) is 13.2. The second kappa shape index (κ2) is 6.57. The summed E-state index contributed by atoms with van der Waals surface area (Å²) in [7, 11) is 0. The zero-order valence-electron chi connectivity index (χ0n) is 12.4. The molecule has 2 aromatic rings. The standard InChI is InChI=1S/C16H16N2O6/c17-11-3-1-7(5-9(11)13(19)15(21)22)8-2-4-12(18)10(6-8)14(20)16(23)24/h1-6,13-14,19-20H,17-18H2,(H,21,22)(H,23,24). The topological polar surface area (TPSA) is 167 Å². The van der Waals surface area contributed by atoms with Crippen LogP contribution >= 0.6 is 0 Å². The van der Waals surface area contributed by atoms with E-state index in [0.717, 1.165) is 0 Å². The lowest BCUT2D eigenvalue weighted by Crippen LogP contribution is -2.13. The Morgan fingerprint density at radius 1 is 0.750 bits per heavy atom. The highest BCUT2D eigenvalue weighted by Gasteiger charge is 2.21. The minimum Gasteiger partial charge on any atom is -0.479 e. The third-order valence-electron chi connectivity index (χ3n) is 3.56. The van der Waals surface area contributed by atoms with Crippen LogP contribution in [0.1, 0.15) is 23.3 Å². The molecule has 24 heavy (non-hydrogen) atoms. The molecule has 0 aliphatic carbocycles. The van der Waals surface area contributed by atoms with E-state index in [-0.39, 0.29) is 22.5 Å². The molecule has 0 aliphatic rings. The Kier molecular flexibility index (Phi) is 4.72. The van der Waals surface area contributed by atoms with Gasteiger partial charge in [-0.15, -0.1) is 0 Å². The molecule has 0 spiro atoms. The number of benzene rings is 2. The molecule has 0 aromatic heterocycles. The molecular formula is C16H16N2O6. The fraction of sp³-hybridized carbons (Fsp3) is 0.125.